The number of rotatable bonds is 4. The van der Waals surface area contributed by atoms with Gasteiger partial charge in [-0.3, -0.25) is 0 Å². The van der Waals surface area contributed by atoms with Crippen molar-refractivity contribution >= 4 is 0 Å². The maximum absolute atomic E-state index is 13.7. The number of hydrogen-bond acceptors (Lipinski definition) is 2. The fourth-order valence-corrected chi connectivity index (χ4v) is 2.44. The van der Waals surface area contributed by atoms with Gasteiger partial charge in [-0.15, -0.1) is 0 Å². The van der Waals surface area contributed by atoms with Crippen LogP contribution in [-0.4, -0.2) is 12.6 Å². The van der Waals surface area contributed by atoms with E-state index in [1.54, 1.807) is 25.1 Å². The van der Waals surface area contributed by atoms with Crippen LogP contribution in [0.5, 0.6) is 5.75 Å². The first-order chi connectivity index (χ1) is 8.18. The number of aryl methyl sites for hydroxylation is 1. The van der Waals surface area contributed by atoms with Crippen molar-refractivity contribution in [2.24, 2.45) is 11.7 Å². The number of nitrogens with two attached hydrogens (primary N) is 1. The predicted octanol–water partition coefficient (Wildman–Crippen LogP) is 3.03. The Morgan fingerprint density at radius 1 is 1.41 bits per heavy atom. The molecule has 1 aromatic rings. The summed E-state index contributed by atoms with van der Waals surface area (Å²) in [6.07, 6.45) is 4.88. The molecule has 0 bridgehead atoms. The zero-order valence-electron chi connectivity index (χ0n) is 10.3. The quantitative estimate of drug-likeness (QED) is 0.873. The summed E-state index contributed by atoms with van der Waals surface area (Å²) in [6.45, 7) is 2.14. The largest absolute Gasteiger partial charge is 0.489 e. The van der Waals surface area contributed by atoms with E-state index in [9.17, 15) is 4.39 Å². The molecule has 0 amide bonds. The molecule has 1 aliphatic carbocycles. The van der Waals surface area contributed by atoms with Gasteiger partial charge in [0.15, 0.2) is 11.6 Å². The van der Waals surface area contributed by atoms with Gasteiger partial charge < -0.3 is 10.5 Å². The first-order valence-corrected chi connectivity index (χ1v) is 6.32. The molecule has 0 aliphatic heterocycles. The van der Waals surface area contributed by atoms with Crippen molar-refractivity contribution in [2.75, 3.05) is 6.61 Å². The van der Waals surface area contributed by atoms with Gasteiger partial charge in [0.05, 0.1) is 0 Å². The smallest absolute Gasteiger partial charge is 0.167 e. The highest BCUT2D eigenvalue weighted by Crippen LogP contribution is 2.27. The van der Waals surface area contributed by atoms with E-state index in [0.29, 0.717) is 23.8 Å². The van der Waals surface area contributed by atoms with Gasteiger partial charge in [0.25, 0.3) is 0 Å². The lowest BCUT2D eigenvalue weighted by atomic mass is 10.00. The Labute approximate surface area is 102 Å². The van der Waals surface area contributed by atoms with E-state index in [1.807, 2.05) is 0 Å². The normalized spacial score (nSPS) is 18.3. The number of hydrogen-bond donors (Lipinski definition) is 1. The number of ether oxygens (including phenoxy) is 1. The Bertz CT molecular complexity index is 374. The molecule has 0 radical (unpaired) electrons. The van der Waals surface area contributed by atoms with E-state index < -0.39 is 0 Å². The highest BCUT2D eigenvalue weighted by atomic mass is 19.1. The summed E-state index contributed by atoms with van der Waals surface area (Å²) in [6, 6.07) is 5.22. The Morgan fingerprint density at radius 2 is 2.12 bits per heavy atom. The molecule has 2 rings (SSSR count). The zero-order chi connectivity index (χ0) is 12.3. The van der Waals surface area contributed by atoms with Gasteiger partial charge in [0.2, 0.25) is 0 Å². The van der Waals surface area contributed by atoms with Crippen LogP contribution < -0.4 is 10.5 Å². The minimum absolute atomic E-state index is 0.0254. The summed E-state index contributed by atoms with van der Waals surface area (Å²) in [5, 5.41) is 0. The van der Waals surface area contributed by atoms with Gasteiger partial charge in [-0.1, -0.05) is 25.0 Å². The molecule has 1 unspecified atom stereocenters. The molecule has 2 nitrogen and oxygen atoms in total. The van der Waals surface area contributed by atoms with Crippen LogP contribution in [0.25, 0.3) is 0 Å². The summed E-state index contributed by atoms with van der Waals surface area (Å²) < 4.78 is 19.2. The van der Waals surface area contributed by atoms with Gasteiger partial charge in [0.1, 0.15) is 6.61 Å². The third-order valence-corrected chi connectivity index (χ3v) is 3.59. The van der Waals surface area contributed by atoms with Crippen LogP contribution in [0.3, 0.4) is 0 Å². The van der Waals surface area contributed by atoms with Crippen molar-refractivity contribution in [1.82, 2.24) is 0 Å². The summed E-state index contributed by atoms with van der Waals surface area (Å²) in [4.78, 5) is 0. The van der Waals surface area contributed by atoms with Gasteiger partial charge in [0, 0.05) is 6.04 Å². The molecular weight excluding hydrogens is 217 g/mol. The monoisotopic (exact) mass is 237 g/mol. The van der Waals surface area contributed by atoms with Crippen LogP contribution in [0.1, 0.15) is 31.2 Å². The lowest BCUT2D eigenvalue weighted by molar-refractivity contribution is 0.238. The summed E-state index contributed by atoms with van der Waals surface area (Å²) in [7, 11) is 0. The molecule has 94 valence electrons. The maximum atomic E-state index is 13.7. The molecule has 17 heavy (non-hydrogen) atoms. The zero-order valence-corrected chi connectivity index (χ0v) is 10.3. The lowest BCUT2D eigenvalue weighted by Gasteiger charge is -2.19. The van der Waals surface area contributed by atoms with Gasteiger partial charge in [-0.05, 0) is 37.3 Å². The topological polar surface area (TPSA) is 35.2 Å². The van der Waals surface area contributed by atoms with E-state index in [-0.39, 0.29) is 11.9 Å². The van der Waals surface area contributed by atoms with Crippen molar-refractivity contribution in [3.8, 4) is 5.75 Å². The summed E-state index contributed by atoms with van der Waals surface area (Å²) in [5.74, 6) is 0.590. The molecule has 0 saturated heterocycles. The van der Waals surface area contributed by atoms with Crippen LogP contribution in [0.4, 0.5) is 4.39 Å². The van der Waals surface area contributed by atoms with Gasteiger partial charge in [-0.2, -0.15) is 0 Å². The van der Waals surface area contributed by atoms with E-state index in [0.717, 1.165) is 0 Å². The fraction of sp³-hybridized carbons (Fsp3) is 0.571. The Kier molecular flexibility index (Phi) is 4.00. The average molecular weight is 237 g/mol. The second-order valence-corrected chi connectivity index (χ2v) is 4.91. The molecule has 1 saturated carbocycles. The number of halogens is 1. The Morgan fingerprint density at radius 3 is 2.82 bits per heavy atom. The Hall–Kier alpha value is -1.09. The van der Waals surface area contributed by atoms with Crippen LogP contribution in [0.2, 0.25) is 0 Å². The second-order valence-electron chi connectivity index (χ2n) is 4.91. The van der Waals surface area contributed by atoms with Crippen LogP contribution in [0, 0.1) is 18.7 Å². The second kappa shape index (κ2) is 5.50. The minimum atomic E-state index is -0.272. The lowest BCUT2D eigenvalue weighted by Crippen LogP contribution is -2.34. The van der Waals surface area contributed by atoms with Crippen molar-refractivity contribution in [3.05, 3.63) is 29.6 Å². The molecule has 2 N–H and O–H groups in total. The van der Waals surface area contributed by atoms with Crippen LogP contribution >= 0.6 is 0 Å². The molecule has 1 aliphatic rings. The molecule has 3 heteroatoms. The van der Waals surface area contributed by atoms with E-state index in [4.69, 9.17) is 10.5 Å². The van der Waals surface area contributed by atoms with Gasteiger partial charge in [-0.25, -0.2) is 4.39 Å². The molecule has 1 fully saturated rings. The van der Waals surface area contributed by atoms with Gasteiger partial charge >= 0.3 is 0 Å². The van der Waals surface area contributed by atoms with Crippen molar-refractivity contribution in [3.63, 3.8) is 0 Å². The molecular formula is C14H20FNO. The third kappa shape index (κ3) is 2.97. The van der Waals surface area contributed by atoms with Crippen LogP contribution in [-0.2, 0) is 0 Å². The average Bonchev–Trinajstić information content (AvgIpc) is 2.84. The summed E-state index contributed by atoms with van der Waals surface area (Å²) >= 11 is 0. The SMILES string of the molecule is Cc1cccc(OCC(N)C2CCCC2)c1F. The van der Waals surface area contributed by atoms with Crippen molar-refractivity contribution < 1.29 is 9.13 Å². The molecule has 1 atom stereocenters. The molecule has 0 heterocycles. The minimum Gasteiger partial charge on any atom is -0.489 e. The molecule has 0 spiro atoms. The standard InChI is InChI=1S/C14H20FNO/c1-10-5-4-8-13(14(10)15)17-9-12(16)11-6-2-3-7-11/h4-5,8,11-12H,2-3,6-7,9,16H2,1H3. The number of benzene rings is 1. The summed E-state index contributed by atoms with van der Waals surface area (Å²) in [5.41, 5.74) is 6.68. The highest BCUT2D eigenvalue weighted by molar-refractivity contribution is 5.30. The predicted molar refractivity (Wildman–Crippen MR) is 66.6 cm³/mol. The highest BCUT2D eigenvalue weighted by Gasteiger charge is 2.22. The Balaban J connectivity index is 1.90. The first-order valence-electron chi connectivity index (χ1n) is 6.32. The maximum Gasteiger partial charge on any atom is 0.167 e. The molecule has 0 aromatic heterocycles. The first kappa shape index (κ1) is 12.4. The van der Waals surface area contributed by atoms with Crippen LogP contribution in [0.15, 0.2) is 18.2 Å². The van der Waals surface area contributed by atoms with E-state index >= 15 is 0 Å². The fourth-order valence-electron chi connectivity index (χ4n) is 2.44. The van der Waals surface area contributed by atoms with E-state index in [1.165, 1.54) is 25.7 Å². The van der Waals surface area contributed by atoms with Crippen molar-refractivity contribution in [1.29, 1.82) is 0 Å². The van der Waals surface area contributed by atoms with Crippen molar-refractivity contribution in [2.45, 2.75) is 38.6 Å². The molecule has 1 aromatic carbocycles. The third-order valence-electron chi connectivity index (χ3n) is 3.59. The van der Waals surface area contributed by atoms with E-state index in [2.05, 4.69) is 0 Å².